The highest BCUT2D eigenvalue weighted by Crippen LogP contribution is 2.52. The van der Waals surface area contributed by atoms with E-state index in [1.165, 1.54) is 11.0 Å². The number of nitrogens with one attached hydrogen (secondary N) is 1. The standard InChI is InChI=1S/C35H34F3N3O5/c1-45-16-17-46-27-11-4-7-23(20-27)22-6-2-9-25(18-22)34(13-14-34)33-39-29-12-5-15-41(21-28(29)31(43)40-33)32(44)30(42)24-8-3-10-26(19-24)35(36,37)38/h2-4,6-11,18-20,30,42H,5,12-17,21H2,1H3,(H,39,40,43)/t30-/m1/s1. The van der Waals surface area contributed by atoms with Crippen LogP contribution in [0.5, 0.6) is 5.75 Å². The van der Waals surface area contributed by atoms with Crippen molar-refractivity contribution in [2.24, 2.45) is 0 Å². The van der Waals surface area contributed by atoms with Gasteiger partial charge in [0.2, 0.25) is 0 Å². The monoisotopic (exact) mass is 633 g/mol. The number of carbonyl (C=O) groups is 1. The summed E-state index contributed by atoms with van der Waals surface area (Å²) in [6, 6.07) is 20.1. The third-order valence-electron chi connectivity index (χ3n) is 8.71. The van der Waals surface area contributed by atoms with Crippen molar-refractivity contribution in [3.8, 4) is 16.9 Å². The maximum atomic E-state index is 13.5. The number of alkyl halides is 3. The molecule has 0 bridgehead atoms. The number of amides is 1. The molecule has 2 heterocycles. The Hall–Kier alpha value is -4.48. The van der Waals surface area contributed by atoms with Crippen molar-refractivity contribution in [1.82, 2.24) is 14.9 Å². The van der Waals surface area contributed by atoms with Gasteiger partial charge >= 0.3 is 6.18 Å². The molecule has 1 saturated carbocycles. The van der Waals surface area contributed by atoms with Crippen LogP contribution in [0.3, 0.4) is 0 Å². The highest BCUT2D eigenvalue weighted by molar-refractivity contribution is 5.82. The third-order valence-corrected chi connectivity index (χ3v) is 8.71. The van der Waals surface area contributed by atoms with Crippen molar-refractivity contribution in [3.05, 3.63) is 117 Å². The third kappa shape index (κ3) is 6.43. The first kappa shape index (κ1) is 31.5. The van der Waals surface area contributed by atoms with Crippen molar-refractivity contribution in [2.45, 2.75) is 49.9 Å². The van der Waals surface area contributed by atoms with Gasteiger partial charge in [0.05, 0.1) is 35.4 Å². The van der Waals surface area contributed by atoms with E-state index in [2.05, 4.69) is 11.1 Å². The van der Waals surface area contributed by atoms with Gasteiger partial charge in [0, 0.05) is 13.7 Å². The van der Waals surface area contributed by atoms with E-state index in [9.17, 15) is 27.9 Å². The Balaban J connectivity index is 1.23. The van der Waals surface area contributed by atoms with Crippen LogP contribution in [-0.2, 0) is 34.1 Å². The van der Waals surface area contributed by atoms with Gasteiger partial charge in [-0.05, 0) is 72.2 Å². The Morgan fingerprint density at radius 3 is 2.52 bits per heavy atom. The van der Waals surface area contributed by atoms with Crippen molar-refractivity contribution in [1.29, 1.82) is 0 Å². The second kappa shape index (κ2) is 12.7. The first-order chi connectivity index (χ1) is 22.1. The van der Waals surface area contributed by atoms with Crippen LogP contribution in [-0.4, -0.2) is 52.7 Å². The summed E-state index contributed by atoms with van der Waals surface area (Å²) in [5.74, 6) is 0.556. The van der Waals surface area contributed by atoms with Crippen LogP contribution in [0.2, 0.25) is 0 Å². The summed E-state index contributed by atoms with van der Waals surface area (Å²) in [7, 11) is 1.63. The molecule has 2 N–H and O–H groups in total. The molecule has 0 spiro atoms. The molecule has 11 heteroatoms. The van der Waals surface area contributed by atoms with E-state index < -0.39 is 29.2 Å². The Morgan fingerprint density at radius 2 is 1.78 bits per heavy atom. The first-order valence-electron chi connectivity index (χ1n) is 15.2. The number of carbonyl (C=O) groups excluding carboxylic acids is 1. The minimum atomic E-state index is -4.61. The number of hydrogen-bond donors (Lipinski definition) is 2. The van der Waals surface area contributed by atoms with Crippen LogP contribution >= 0.6 is 0 Å². The van der Waals surface area contributed by atoms with Gasteiger partial charge in [0.1, 0.15) is 18.2 Å². The Morgan fingerprint density at radius 1 is 1.04 bits per heavy atom. The zero-order chi connectivity index (χ0) is 32.5. The van der Waals surface area contributed by atoms with Gasteiger partial charge in [-0.25, -0.2) is 4.98 Å². The van der Waals surface area contributed by atoms with Crippen LogP contribution in [0, 0.1) is 0 Å². The van der Waals surface area contributed by atoms with Gasteiger partial charge < -0.3 is 24.5 Å². The lowest BCUT2D eigenvalue weighted by molar-refractivity contribution is -0.142. The number of aliphatic hydroxyl groups excluding tert-OH is 1. The summed E-state index contributed by atoms with van der Waals surface area (Å²) in [5, 5.41) is 10.7. The molecule has 0 saturated heterocycles. The predicted molar refractivity (Wildman–Crippen MR) is 164 cm³/mol. The molecule has 1 amide bonds. The number of ether oxygens (including phenoxy) is 2. The zero-order valence-electron chi connectivity index (χ0n) is 25.3. The van der Waals surface area contributed by atoms with Gasteiger partial charge in [-0.2, -0.15) is 13.2 Å². The van der Waals surface area contributed by atoms with Crippen LogP contribution in [0.4, 0.5) is 13.2 Å². The molecule has 1 atom stereocenters. The van der Waals surface area contributed by atoms with Gasteiger partial charge in [-0.3, -0.25) is 9.59 Å². The fraction of sp³-hybridized carbons (Fsp3) is 0.343. The molecule has 2 aliphatic rings. The lowest BCUT2D eigenvalue weighted by atomic mass is 9.91. The molecule has 8 nitrogen and oxygen atoms in total. The molecule has 1 fully saturated rings. The maximum Gasteiger partial charge on any atom is 0.416 e. The van der Waals surface area contributed by atoms with Gasteiger partial charge in [0.25, 0.3) is 11.5 Å². The minimum absolute atomic E-state index is 0.0991. The number of aryl methyl sites for hydroxylation is 1. The Kier molecular flexibility index (Phi) is 8.71. The summed E-state index contributed by atoms with van der Waals surface area (Å²) in [5.41, 5.74) is 2.02. The number of H-pyrrole nitrogens is 1. The van der Waals surface area contributed by atoms with Crippen LogP contribution in [0.25, 0.3) is 11.1 Å². The SMILES string of the molecule is COCCOc1cccc(-c2cccc(C3(c4nc5c(c(=O)[nH]4)CN(C(=O)[C@H](O)c4cccc(C(F)(F)F)c4)CCC5)CC3)c2)c1. The smallest absolute Gasteiger partial charge is 0.416 e. The lowest BCUT2D eigenvalue weighted by Crippen LogP contribution is -2.36. The number of methoxy groups -OCH3 is 1. The highest BCUT2D eigenvalue weighted by atomic mass is 19.4. The number of nitrogens with zero attached hydrogens (tertiary/aromatic N) is 2. The molecule has 3 aromatic carbocycles. The summed E-state index contributed by atoms with van der Waals surface area (Å²) >= 11 is 0. The van der Waals surface area contributed by atoms with Crippen molar-refractivity contribution in [3.63, 3.8) is 0 Å². The topological polar surface area (TPSA) is 105 Å². The molecular weight excluding hydrogens is 599 g/mol. The average Bonchev–Trinajstić information content (AvgIpc) is 3.89. The number of aromatic nitrogens is 2. The van der Waals surface area contributed by atoms with Gasteiger partial charge in [-0.1, -0.05) is 48.5 Å². The van der Waals surface area contributed by atoms with E-state index in [-0.39, 0.29) is 24.2 Å². The molecule has 240 valence electrons. The quantitative estimate of drug-likeness (QED) is 0.234. The highest BCUT2D eigenvalue weighted by Gasteiger charge is 2.49. The van der Waals surface area contributed by atoms with Crippen molar-refractivity contribution >= 4 is 5.91 Å². The van der Waals surface area contributed by atoms with Crippen molar-refractivity contribution < 1.29 is 32.5 Å². The van der Waals surface area contributed by atoms with E-state index in [0.29, 0.717) is 43.1 Å². The molecular formula is C35H34F3N3O5. The fourth-order valence-corrected chi connectivity index (χ4v) is 6.03. The minimum Gasteiger partial charge on any atom is -0.491 e. The van der Waals surface area contributed by atoms with E-state index in [1.807, 2.05) is 42.5 Å². The lowest BCUT2D eigenvalue weighted by Gasteiger charge is -2.24. The van der Waals surface area contributed by atoms with E-state index in [4.69, 9.17) is 14.5 Å². The molecule has 1 aliphatic heterocycles. The van der Waals surface area contributed by atoms with E-state index in [1.54, 1.807) is 7.11 Å². The Bertz CT molecular complexity index is 1800. The summed E-state index contributed by atoms with van der Waals surface area (Å²) in [6.07, 6.45) is -3.86. The van der Waals surface area contributed by atoms with Gasteiger partial charge in [0.15, 0.2) is 6.10 Å². The Labute approximate surface area is 263 Å². The number of hydrogen-bond acceptors (Lipinski definition) is 6. The molecule has 0 unspecified atom stereocenters. The number of rotatable bonds is 9. The second-order valence-corrected chi connectivity index (χ2v) is 11.8. The number of aromatic amines is 1. The number of fused-ring (bicyclic) bond motifs is 1. The molecule has 4 aromatic rings. The van der Waals surface area contributed by atoms with Crippen LogP contribution in [0.1, 0.15) is 59.1 Å². The second-order valence-electron chi connectivity index (χ2n) is 11.8. The van der Waals surface area contributed by atoms with Gasteiger partial charge in [-0.15, -0.1) is 0 Å². The zero-order valence-corrected chi connectivity index (χ0v) is 25.3. The van der Waals surface area contributed by atoms with Crippen LogP contribution < -0.4 is 10.3 Å². The van der Waals surface area contributed by atoms with Crippen molar-refractivity contribution in [2.75, 3.05) is 26.9 Å². The predicted octanol–water partition coefficient (Wildman–Crippen LogP) is 5.57. The largest absolute Gasteiger partial charge is 0.491 e. The molecule has 46 heavy (non-hydrogen) atoms. The first-order valence-corrected chi connectivity index (χ1v) is 15.2. The summed E-state index contributed by atoms with van der Waals surface area (Å²) in [6.45, 7) is 1.06. The van der Waals surface area contributed by atoms with E-state index >= 15 is 0 Å². The molecule has 6 rings (SSSR count). The molecule has 1 aromatic heterocycles. The summed E-state index contributed by atoms with van der Waals surface area (Å²) in [4.78, 5) is 36.0. The number of benzene rings is 3. The summed E-state index contributed by atoms with van der Waals surface area (Å²) < 4.78 is 50.5. The van der Waals surface area contributed by atoms with Crippen LogP contribution in [0.15, 0.2) is 77.6 Å². The number of halogens is 3. The molecule has 0 radical (unpaired) electrons. The fourth-order valence-electron chi connectivity index (χ4n) is 6.03. The normalized spacial score (nSPS) is 16.3. The number of aliphatic hydroxyl groups is 1. The maximum absolute atomic E-state index is 13.5. The average molecular weight is 634 g/mol. The van der Waals surface area contributed by atoms with E-state index in [0.717, 1.165) is 53.5 Å². The molecule has 1 aliphatic carbocycles.